The van der Waals surface area contributed by atoms with Crippen LogP contribution in [0.1, 0.15) is 39.2 Å². The molecule has 0 aliphatic carbocycles. The summed E-state index contributed by atoms with van der Waals surface area (Å²) in [6.07, 6.45) is 2.31. The fourth-order valence-corrected chi connectivity index (χ4v) is 4.69. The minimum Gasteiger partial charge on any atom is -0.355 e. The molecule has 0 amide bonds. The van der Waals surface area contributed by atoms with Gasteiger partial charge in [0.1, 0.15) is 0 Å². The molecule has 2 saturated heterocycles. The Morgan fingerprint density at radius 2 is 1.84 bits per heavy atom. The fourth-order valence-electron chi connectivity index (χ4n) is 4.69. The molecule has 3 unspecified atom stereocenters. The van der Waals surface area contributed by atoms with Crippen molar-refractivity contribution in [2.24, 2.45) is 4.99 Å². The first kappa shape index (κ1) is 26.4. The summed E-state index contributed by atoms with van der Waals surface area (Å²) in [5.74, 6) is 0.947. The molecular weight excluding hydrogens is 499 g/mol. The van der Waals surface area contributed by atoms with Gasteiger partial charge in [0.25, 0.3) is 0 Å². The third kappa shape index (κ3) is 8.18. The Balaban J connectivity index is 0.00000341. The second kappa shape index (κ2) is 13.6. The number of guanidine groups is 1. The molecule has 7 heteroatoms. The lowest BCUT2D eigenvalue weighted by atomic mass is 9.97. The molecule has 2 aliphatic rings. The van der Waals surface area contributed by atoms with Gasteiger partial charge in [0.15, 0.2) is 5.96 Å². The Morgan fingerprint density at radius 3 is 2.45 bits per heavy atom. The number of nitrogens with zero attached hydrogens (tertiary/aromatic N) is 4. The number of rotatable bonds is 7. The average Bonchev–Trinajstić information content (AvgIpc) is 2.79. The molecular formula is C24H43IN6. The van der Waals surface area contributed by atoms with Crippen LogP contribution >= 0.6 is 24.0 Å². The Morgan fingerprint density at radius 1 is 1.13 bits per heavy atom. The third-order valence-corrected chi connectivity index (χ3v) is 6.85. The molecule has 1 aromatic rings. The zero-order valence-electron chi connectivity index (χ0n) is 19.9. The lowest BCUT2D eigenvalue weighted by Gasteiger charge is -2.39. The van der Waals surface area contributed by atoms with E-state index in [1.54, 1.807) is 0 Å². The van der Waals surface area contributed by atoms with Gasteiger partial charge in [0.2, 0.25) is 0 Å². The highest BCUT2D eigenvalue weighted by Gasteiger charge is 2.26. The minimum atomic E-state index is 0. The lowest BCUT2D eigenvalue weighted by Crippen LogP contribution is -2.55. The van der Waals surface area contributed by atoms with Crippen molar-refractivity contribution in [3.63, 3.8) is 0 Å². The first-order valence-corrected chi connectivity index (χ1v) is 11.8. The molecule has 0 bridgehead atoms. The van der Waals surface area contributed by atoms with Crippen LogP contribution < -0.4 is 10.6 Å². The van der Waals surface area contributed by atoms with Crippen molar-refractivity contribution in [2.45, 2.75) is 58.3 Å². The van der Waals surface area contributed by atoms with E-state index in [2.05, 4.69) is 81.4 Å². The zero-order chi connectivity index (χ0) is 21.3. The van der Waals surface area contributed by atoms with E-state index in [1.807, 2.05) is 7.05 Å². The van der Waals surface area contributed by atoms with Crippen molar-refractivity contribution in [2.75, 3.05) is 52.9 Å². The maximum absolute atomic E-state index is 4.49. The first-order chi connectivity index (χ1) is 14.6. The summed E-state index contributed by atoms with van der Waals surface area (Å²) in [4.78, 5) is 12.2. The summed E-state index contributed by atoms with van der Waals surface area (Å²) in [6.45, 7) is 15.9. The van der Waals surface area contributed by atoms with Gasteiger partial charge in [0.05, 0.1) is 0 Å². The molecule has 31 heavy (non-hydrogen) atoms. The van der Waals surface area contributed by atoms with Crippen LogP contribution in [-0.4, -0.2) is 91.6 Å². The fraction of sp³-hybridized carbons (Fsp3) is 0.708. The van der Waals surface area contributed by atoms with Crippen LogP contribution in [0.25, 0.3) is 0 Å². The standard InChI is InChI=1S/C24H42N6.HI/c1-5-28-13-15-29(16-14-28)21(3)18-26-24(25-4)27-23-11-12-30(20(2)17-23)19-22-9-7-6-8-10-22;/h6-10,20-21,23H,5,11-19H2,1-4H3,(H2,25,26,27);1H. The molecule has 0 saturated carbocycles. The van der Waals surface area contributed by atoms with Gasteiger partial charge in [-0.1, -0.05) is 37.3 Å². The van der Waals surface area contributed by atoms with Crippen LogP contribution in [0.2, 0.25) is 0 Å². The van der Waals surface area contributed by atoms with Crippen molar-refractivity contribution >= 4 is 29.9 Å². The summed E-state index contributed by atoms with van der Waals surface area (Å²) in [7, 11) is 1.88. The van der Waals surface area contributed by atoms with Crippen molar-refractivity contribution in [3.05, 3.63) is 35.9 Å². The van der Waals surface area contributed by atoms with Crippen LogP contribution in [0.4, 0.5) is 0 Å². The van der Waals surface area contributed by atoms with E-state index in [0.29, 0.717) is 18.1 Å². The smallest absolute Gasteiger partial charge is 0.191 e. The van der Waals surface area contributed by atoms with Gasteiger partial charge in [-0.3, -0.25) is 14.8 Å². The number of benzene rings is 1. The van der Waals surface area contributed by atoms with Crippen molar-refractivity contribution in [3.8, 4) is 0 Å². The first-order valence-electron chi connectivity index (χ1n) is 11.8. The molecule has 6 nitrogen and oxygen atoms in total. The van der Waals surface area contributed by atoms with E-state index in [4.69, 9.17) is 0 Å². The van der Waals surface area contributed by atoms with Gasteiger partial charge in [-0.25, -0.2) is 0 Å². The Labute approximate surface area is 206 Å². The van der Waals surface area contributed by atoms with E-state index in [9.17, 15) is 0 Å². The summed E-state index contributed by atoms with van der Waals surface area (Å²) in [5.41, 5.74) is 1.40. The topological polar surface area (TPSA) is 46.1 Å². The summed E-state index contributed by atoms with van der Waals surface area (Å²) in [5, 5.41) is 7.26. The number of aliphatic imine (C=N–C) groups is 1. The van der Waals surface area contributed by atoms with Crippen LogP contribution in [0, 0.1) is 0 Å². The van der Waals surface area contributed by atoms with Crippen molar-refractivity contribution in [1.82, 2.24) is 25.3 Å². The second-order valence-corrected chi connectivity index (χ2v) is 8.94. The molecule has 2 aliphatic heterocycles. The van der Waals surface area contributed by atoms with Crippen molar-refractivity contribution in [1.29, 1.82) is 0 Å². The molecule has 0 aromatic heterocycles. The lowest BCUT2D eigenvalue weighted by molar-refractivity contribution is 0.107. The Hall–Kier alpha value is -0.900. The van der Waals surface area contributed by atoms with Gasteiger partial charge >= 0.3 is 0 Å². The van der Waals surface area contributed by atoms with Gasteiger partial charge in [-0.15, -0.1) is 24.0 Å². The number of likely N-dealkylation sites (tertiary alicyclic amines) is 1. The summed E-state index contributed by atoms with van der Waals surface area (Å²) in [6, 6.07) is 12.4. The van der Waals surface area contributed by atoms with Gasteiger partial charge in [-0.05, 0) is 38.8 Å². The van der Waals surface area contributed by atoms with Gasteiger partial charge in [-0.2, -0.15) is 0 Å². The van der Waals surface area contributed by atoms with E-state index in [0.717, 1.165) is 38.4 Å². The van der Waals surface area contributed by atoms with Crippen LogP contribution in [-0.2, 0) is 6.54 Å². The zero-order valence-corrected chi connectivity index (χ0v) is 22.2. The normalized spacial score (nSPS) is 25.0. The average molecular weight is 543 g/mol. The second-order valence-electron chi connectivity index (χ2n) is 8.94. The molecule has 2 N–H and O–H groups in total. The number of nitrogens with one attached hydrogen (secondary N) is 2. The highest BCUT2D eigenvalue weighted by molar-refractivity contribution is 14.0. The van der Waals surface area contributed by atoms with E-state index in [-0.39, 0.29) is 24.0 Å². The Bertz CT molecular complexity index is 647. The van der Waals surface area contributed by atoms with Crippen LogP contribution in [0.15, 0.2) is 35.3 Å². The molecule has 2 heterocycles. The quantitative estimate of drug-likeness (QED) is 0.315. The largest absolute Gasteiger partial charge is 0.355 e. The summed E-state index contributed by atoms with van der Waals surface area (Å²) >= 11 is 0. The predicted octanol–water partition coefficient (Wildman–Crippen LogP) is 2.85. The maximum atomic E-state index is 4.49. The van der Waals surface area contributed by atoms with Gasteiger partial charge in [0, 0.05) is 71.0 Å². The highest BCUT2D eigenvalue weighted by atomic mass is 127. The van der Waals surface area contributed by atoms with Gasteiger partial charge < -0.3 is 15.5 Å². The molecule has 3 rings (SSSR count). The molecule has 0 spiro atoms. The number of piperidine rings is 1. The number of piperazine rings is 1. The SMILES string of the molecule is CCN1CCN(C(C)CNC(=NC)NC2CCN(Cc3ccccc3)C(C)C2)CC1.I. The summed E-state index contributed by atoms with van der Waals surface area (Å²) < 4.78 is 0. The number of hydrogen-bond donors (Lipinski definition) is 2. The molecule has 1 aromatic carbocycles. The molecule has 3 atom stereocenters. The Kier molecular flexibility index (Phi) is 11.6. The van der Waals surface area contributed by atoms with Crippen molar-refractivity contribution < 1.29 is 0 Å². The maximum Gasteiger partial charge on any atom is 0.191 e. The van der Waals surface area contributed by atoms with E-state index < -0.39 is 0 Å². The third-order valence-electron chi connectivity index (χ3n) is 6.85. The van der Waals surface area contributed by atoms with E-state index >= 15 is 0 Å². The monoisotopic (exact) mass is 542 g/mol. The molecule has 176 valence electrons. The van der Waals surface area contributed by atoms with Crippen LogP contribution in [0.5, 0.6) is 0 Å². The molecule has 0 radical (unpaired) electrons. The molecule has 2 fully saturated rings. The minimum absolute atomic E-state index is 0. The number of hydrogen-bond acceptors (Lipinski definition) is 4. The predicted molar refractivity (Wildman–Crippen MR) is 142 cm³/mol. The highest BCUT2D eigenvalue weighted by Crippen LogP contribution is 2.20. The number of halogens is 1. The van der Waals surface area contributed by atoms with Crippen LogP contribution in [0.3, 0.4) is 0 Å². The number of likely N-dealkylation sites (N-methyl/N-ethyl adjacent to an activating group) is 1. The van der Waals surface area contributed by atoms with E-state index in [1.165, 1.54) is 38.3 Å².